The van der Waals surface area contributed by atoms with Gasteiger partial charge in [-0.15, -0.1) is 10.2 Å². The third-order valence-corrected chi connectivity index (χ3v) is 6.21. The van der Waals surface area contributed by atoms with Crippen molar-refractivity contribution in [2.45, 2.75) is 19.1 Å². The second-order valence-corrected chi connectivity index (χ2v) is 8.63. The lowest BCUT2D eigenvalue weighted by Crippen LogP contribution is -2.48. The van der Waals surface area contributed by atoms with Gasteiger partial charge < -0.3 is 24.3 Å². The molecule has 9 nitrogen and oxygen atoms in total. The van der Waals surface area contributed by atoms with Crippen LogP contribution in [0.1, 0.15) is 13.8 Å². The molecule has 0 saturated carbocycles. The molecule has 0 bridgehead atoms. The lowest BCUT2D eigenvalue weighted by molar-refractivity contribution is -0.129. The summed E-state index contributed by atoms with van der Waals surface area (Å²) >= 11 is 1.19. The second kappa shape index (κ2) is 11.1. The van der Waals surface area contributed by atoms with Crippen molar-refractivity contribution >= 4 is 35.0 Å². The number of carbonyl (C=O) groups excluding carboxylic acids is 2. The molecule has 178 valence electrons. The van der Waals surface area contributed by atoms with Crippen molar-refractivity contribution in [3.05, 3.63) is 48.5 Å². The van der Waals surface area contributed by atoms with E-state index in [0.29, 0.717) is 17.7 Å². The first kappa shape index (κ1) is 23.6. The molecule has 0 spiro atoms. The molecule has 1 aliphatic rings. The van der Waals surface area contributed by atoms with Gasteiger partial charge in [-0.25, -0.2) is 0 Å². The summed E-state index contributed by atoms with van der Waals surface area (Å²) in [5.41, 5.74) is 2.58. The van der Waals surface area contributed by atoms with Crippen LogP contribution in [0.2, 0.25) is 0 Å². The number of piperazine rings is 1. The number of benzene rings is 2. The molecule has 2 amide bonds. The van der Waals surface area contributed by atoms with Crippen molar-refractivity contribution in [1.82, 2.24) is 15.1 Å². The molecule has 0 radical (unpaired) electrons. The van der Waals surface area contributed by atoms with Crippen molar-refractivity contribution in [3.8, 4) is 17.2 Å². The van der Waals surface area contributed by atoms with Crippen LogP contribution >= 0.6 is 11.8 Å². The minimum atomic E-state index is -0.159. The number of nitrogens with one attached hydrogen (secondary N) is 1. The van der Waals surface area contributed by atoms with Gasteiger partial charge in [0.05, 0.1) is 12.4 Å². The molecular weight excluding hydrogens is 454 g/mol. The highest BCUT2D eigenvalue weighted by atomic mass is 32.2. The first-order chi connectivity index (χ1) is 16.5. The monoisotopic (exact) mass is 481 g/mol. The van der Waals surface area contributed by atoms with E-state index in [9.17, 15) is 9.59 Å². The van der Waals surface area contributed by atoms with E-state index < -0.39 is 0 Å². The average molecular weight is 482 g/mol. The third-order valence-electron chi connectivity index (χ3n) is 5.39. The summed E-state index contributed by atoms with van der Waals surface area (Å²) in [5, 5.41) is 11.3. The quantitative estimate of drug-likeness (QED) is 0.488. The highest BCUT2D eigenvalue weighted by molar-refractivity contribution is 7.99. The number of hydrogen-bond acceptors (Lipinski definition) is 8. The van der Waals surface area contributed by atoms with E-state index in [1.165, 1.54) is 11.8 Å². The van der Waals surface area contributed by atoms with Gasteiger partial charge in [0.25, 0.3) is 5.22 Å². The molecule has 0 atom stereocenters. The lowest BCUT2D eigenvalue weighted by Gasteiger charge is -2.35. The molecule has 2 aromatic carbocycles. The molecule has 34 heavy (non-hydrogen) atoms. The average Bonchev–Trinajstić information content (AvgIpc) is 3.33. The van der Waals surface area contributed by atoms with Crippen LogP contribution in [-0.4, -0.2) is 65.5 Å². The number of ether oxygens (including phenoxy) is 1. The fourth-order valence-electron chi connectivity index (χ4n) is 3.60. The zero-order valence-corrected chi connectivity index (χ0v) is 20.0. The summed E-state index contributed by atoms with van der Waals surface area (Å²) < 4.78 is 11.1. The summed E-state index contributed by atoms with van der Waals surface area (Å²) in [5.74, 6) is 1.28. The van der Waals surface area contributed by atoms with Crippen molar-refractivity contribution in [3.63, 3.8) is 0 Å². The van der Waals surface area contributed by atoms with E-state index in [4.69, 9.17) is 9.15 Å². The van der Waals surface area contributed by atoms with Gasteiger partial charge in [-0.3, -0.25) is 9.59 Å². The van der Waals surface area contributed by atoms with Gasteiger partial charge in [-0.1, -0.05) is 11.8 Å². The molecule has 2 heterocycles. The standard InChI is InChI=1S/C24H27N5O4S/c1-3-32-21-10-4-18(5-11-21)23-26-27-24(33-23)34-16-22(31)25-19-6-8-20(9-7-19)29-14-12-28(13-15-29)17(2)30/h4-11H,3,12-16H2,1-2H3,(H,25,31). The van der Waals surface area contributed by atoms with Crippen LogP contribution in [-0.2, 0) is 9.59 Å². The zero-order valence-electron chi connectivity index (χ0n) is 19.2. The van der Waals surface area contributed by atoms with Crippen molar-refractivity contribution in [1.29, 1.82) is 0 Å². The van der Waals surface area contributed by atoms with E-state index >= 15 is 0 Å². The molecule has 0 unspecified atom stereocenters. The molecular formula is C24H27N5O4S. The number of hydrogen-bond donors (Lipinski definition) is 1. The Morgan fingerprint density at radius 3 is 2.38 bits per heavy atom. The Morgan fingerprint density at radius 2 is 1.74 bits per heavy atom. The van der Waals surface area contributed by atoms with Gasteiger partial charge in [-0.05, 0) is 55.5 Å². The van der Waals surface area contributed by atoms with Crippen LogP contribution in [0.3, 0.4) is 0 Å². The van der Waals surface area contributed by atoms with Crippen LogP contribution in [0.15, 0.2) is 58.2 Å². The minimum absolute atomic E-state index is 0.114. The molecule has 1 fully saturated rings. The Kier molecular flexibility index (Phi) is 7.69. The van der Waals surface area contributed by atoms with Gasteiger partial charge in [0.1, 0.15) is 5.75 Å². The number of nitrogens with zero attached hydrogens (tertiary/aromatic N) is 4. The predicted molar refractivity (Wildman–Crippen MR) is 131 cm³/mol. The SMILES string of the molecule is CCOc1ccc(-c2nnc(SCC(=O)Nc3ccc(N4CCN(C(C)=O)CC4)cc3)o2)cc1. The number of carbonyl (C=O) groups is 2. The minimum Gasteiger partial charge on any atom is -0.494 e. The van der Waals surface area contributed by atoms with E-state index in [2.05, 4.69) is 20.4 Å². The molecule has 3 aromatic rings. The third kappa shape index (κ3) is 6.07. The predicted octanol–water partition coefficient (Wildman–Crippen LogP) is 3.53. The first-order valence-corrected chi connectivity index (χ1v) is 12.1. The summed E-state index contributed by atoms with van der Waals surface area (Å²) in [7, 11) is 0. The highest BCUT2D eigenvalue weighted by Crippen LogP contribution is 2.25. The largest absolute Gasteiger partial charge is 0.494 e. The zero-order chi connectivity index (χ0) is 23.9. The van der Waals surface area contributed by atoms with Crippen LogP contribution in [0.25, 0.3) is 11.5 Å². The van der Waals surface area contributed by atoms with Gasteiger partial charge in [-0.2, -0.15) is 0 Å². The van der Waals surface area contributed by atoms with Gasteiger partial charge >= 0.3 is 0 Å². The summed E-state index contributed by atoms with van der Waals surface area (Å²) in [6.45, 7) is 7.18. The van der Waals surface area contributed by atoms with Crippen molar-refractivity contribution < 1.29 is 18.7 Å². The molecule has 1 saturated heterocycles. The number of amides is 2. The maximum Gasteiger partial charge on any atom is 0.277 e. The summed E-state index contributed by atoms with van der Waals surface area (Å²) in [6, 6.07) is 15.1. The number of aromatic nitrogens is 2. The van der Waals surface area contributed by atoms with Crippen LogP contribution in [0.4, 0.5) is 11.4 Å². The molecule has 1 N–H and O–H groups in total. The number of thioether (sulfide) groups is 1. The number of anilines is 2. The van der Waals surface area contributed by atoms with Gasteiger partial charge in [0.2, 0.25) is 17.7 Å². The molecule has 10 heteroatoms. The second-order valence-electron chi connectivity index (χ2n) is 7.71. The number of rotatable bonds is 8. The molecule has 1 aromatic heterocycles. The Bertz CT molecular complexity index is 1110. The van der Waals surface area contributed by atoms with Crippen molar-refractivity contribution in [2.24, 2.45) is 0 Å². The highest BCUT2D eigenvalue weighted by Gasteiger charge is 2.19. The van der Waals surface area contributed by atoms with E-state index in [1.54, 1.807) is 6.92 Å². The maximum absolute atomic E-state index is 12.4. The molecule has 4 rings (SSSR count). The van der Waals surface area contributed by atoms with E-state index in [1.807, 2.05) is 60.4 Å². The van der Waals surface area contributed by atoms with E-state index in [-0.39, 0.29) is 17.6 Å². The summed E-state index contributed by atoms with van der Waals surface area (Å²) in [6.07, 6.45) is 0. The topological polar surface area (TPSA) is 101 Å². The maximum atomic E-state index is 12.4. The lowest BCUT2D eigenvalue weighted by atomic mass is 10.2. The Hall–Kier alpha value is -3.53. The van der Waals surface area contributed by atoms with Gasteiger partial charge in [0, 0.05) is 50.0 Å². The fourth-order valence-corrected chi connectivity index (χ4v) is 4.17. The van der Waals surface area contributed by atoms with Crippen LogP contribution in [0, 0.1) is 0 Å². The van der Waals surface area contributed by atoms with Crippen LogP contribution in [0.5, 0.6) is 5.75 Å². The Labute approximate surface area is 202 Å². The normalized spacial score (nSPS) is 13.6. The fraction of sp³-hybridized carbons (Fsp3) is 0.333. The molecule has 1 aliphatic heterocycles. The van der Waals surface area contributed by atoms with Crippen LogP contribution < -0.4 is 15.0 Å². The Morgan fingerprint density at radius 1 is 1.03 bits per heavy atom. The Balaban J connectivity index is 1.25. The first-order valence-electron chi connectivity index (χ1n) is 11.1. The van der Waals surface area contributed by atoms with Crippen molar-refractivity contribution in [2.75, 3.05) is 48.8 Å². The van der Waals surface area contributed by atoms with E-state index in [0.717, 1.165) is 48.9 Å². The molecule has 0 aliphatic carbocycles. The smallest absolute Gasteiger partial charge is 0.277 e. The van der Waals surface area contributed by atoms with Gasteiger partial charge in [0.15, 0.2) is 0 Å². The summed E-state index contributed by atoms with van der Waals surface area (Å²) in [4.78, 5) is 27.9.